The van der Waals surface area contributed by atoms with Crippen molar-refractivity contribution >= 4 is 0 Å². The molecule has 0 aliphatic heterocycles. The molecule has 0 amide bonds. The van der Waals surface area contributed by atoms with E-state index in [1.165, 1.54) is 25.8 Å². The predicted molar refractivity (Wildman–Crippen MR) is 81.5 cm³/mol. The van der Waals surface area contributed by atoms with Crippen molar-refractivity contribution in [2.24, 2.45) is 5.73 Å². The van der Waals surface area contributed by atoms with E-state index >= 15 is 0 Å². The molecule has 0 aromatic heterocycles. The molecule has 0 heterocycles. The monoisotopic (exact) mass is 264 g/mol. The van der Waals surface area contributed by atoms with E-state index in [9.17, 15) is 0 Å². The van der Waals surface area contributed by atoms with E-state index in [1.807, 2.05) is 24.3 Å². The van der Waals surface area contributed by atoms with Gasteiger partial charge in [0.2, 0.25) is 0 Å². The van der Waals surface area contributed by atoms with E-state index in [0.717, 1.165) is 30.9 Å². The summed E-state index contributed by atoms with van der Waals surface area (Å²) in [6, 6.07) is 8.03. The van der Waals surface area contributed by atoms with Gasteiger partial charge in [-0.2, -0.15) is 0 Å². The first kappa shape index (κ1) is 16.0. The number of hydrogen-bond acceptors (Lipinski definition) is 3. The zero-order valence-electron chi connectivity index (χ0n) is 12.4. The summed E-state index contributed by atoms with van der Waals surface area (Å²) in [5, 5.41) is 0. The van der Waals surface area contributed by atoms with Crippen molar-refractivity contribution in [2.75, 3.05) is 26.7 Å². The molecule has 0 radical (unpaired) electrons. The number of hydrogen-bond donors (Lipinski definition) is 1. The standard InChI is InChI=1S/C16H28N2O/c1-3-4-5-11-18(2)12-6-13-19-16-9-7-15(14-17)8-10-16/h7-10H,3-6,11-14,17H2,1-2H3. The predicted octanol–water partition coefficient (Wildman–Crippen LogP) is 3.04. The van der Waals surface area contributed by atoms with Crippen LogP contribution >= 0.6 is 0 Å². The molecule has 1 aromatic carbocycles. The van der Waals surface area contributed by atoms with Crippen LogP contribution in [0.2, 0.25) is 0 Å². The summed E-state index contributed by atoms with van der Waals surface area (Å²) in [5.41, 5.74) is 6.70. The Morgan fingerprint density at radius 3 is 2.37 bits per heavy atom. The van der Waals surface area contributed by atoms with Crippen molar-refractivity contribution in [1.82, 2.24) is 4.90 Å². The fraction of sp³-hybridized carbons (Fsp3) is 0.625. The van der Waals surface area contributed by atoms with Gasteiger partial charge in [-0.25, -0.2) is 0 Å². The fourth-order valence-corrected chi connectivity index (χ4v) is 1.99. The average Bonchev–Trinajstić information content (AvgIpc) is 2.44. The first-order valence-corrected chi connectivity index (χ1v) is 7.36. The number of rotatable bonds is 10. The third kappa shape index (κ3) is 7.19. The summed E-state index contributed by atoms with van der Waals surface area (Å²) >= 11 is 0. The molecule has 0 atom stereocenters. The molecule has 2 N–H and O–H groups in total. The van der Waals surface area contributed by atoms with Crippen molar-refractivity contribution in [1.29, 1.82) is 0 Å². The van der Waals surface area contributed by atoms with Crippen LogP contribution in [0.4, 0.5) is 0 Å². The maximum absolute atomic E-state index is 5.71. The van der Waals surface area contributed by atoms with Gasteiger partial charge in [0.1, 0.15) is 5.75 Å². The van der Waals surface area contributed by atoms with Gasteiger partial charge >= 0.3 is 0 Å². The van der Waals surface area contributed by atoms with Gasteiger partial charge < -0.3 is 15.4 Å². The van der Waals surface area contributed by atoms with Crippen LogP contribution in [0.5, 0.6) is 5.75 Å². The van der Waals surface area contributed by atoms with Gasteiger partial charge in [-0.3, -0.25) is 0 Å². The van der Waals surface area contributed by atoms with E-state index in [2.05, 4.69) is 18.9 Å². The molecule has 3 nitrogen and oxygen atoms in total. The van der Waals surface area contributed by atoms with Gasteiger partial charge in [0.25, 0.3) is 0 Å². The highest BCUT2D eigenvalue weighted by atomic mass is 16.5. The molecule has 1 aromatic rings. The molecule has 0 fully saturated rings. The summed E-state index contributed by atoms with van der Waals surface area (Å²) in [4.78, 5) is 2.39. The number of nitrogens with two attached hydrogens (primary N) is 1. The average molecular weight is 264 g/mol. The van der Waals surface area contributed by atoms with Crippen LogP contribution in [0.15, 0.2) is 24.3 Å². The van der Waals surface area contributed by atoms with Crippen LogP contribution in [0.3, 0.4) is 0 Å². The second kappa shape index (κ2) is 9.82. The van der Waals surface area contributed by atoms with Crippen LogP contribution in [0.25, 0.3) is 0 Å². The van der Waals surface area contributed by atoms with E-state index in [4.69, 9.17) is 10.5 Å². The minimum absolute atomic E-state index is 0.586. The van der Waals surface area contributed by atoms with Gasteiger partial charge in [-0.1, -0.05) is 31.9 Å². The lowest BCUT2D eigenvalue weighted by Gasteiger charge is -2.16. The molecule has 1 rings (SSSR count). The molecule has 0 spiro atoms. The molecule has 0 saturated heterocycles. The minimum atomic E-state index is 0.586. The molecule has 3 heteroatoms. The zero-order valence-corrected chi connectivity index (χ0v) is 12.4. The second-order valence-corrected chi connectivity index (χ2v) is 5.06. The third-order valence-electron chi connectivity index (χ3n) is 3.26. The molecule has 0 bridgehead atoms. The lowest BCUT2D eigenvalue weighted by molar-refractivity contribution is 0.260. The molecule has 19 heavy (non-hydrogen) atoms. The second-order valence-electron chi connectivity index (χ2n) is 5.06. The van der Waals surface area contributed by atoms with Crippen molar-refractivity contribution in [2.45, 2.75) is 39.2 Å². The Balaban J connectivity index is 2.09. The number of ether oxygens (including phenoxy) is 1. The van der Waals surface area contributed by atoms with E-state index < -0.39 is 0 Å². The highest BCUT2D eigenvalue weighted by molar-refractivity contribution is 5.26. The summed E-state index contributed by atoms with van der Waals surface area (Å²) in [7, 11) is 2.19. The summed E-state index contributed by atoms with van der Waals surface area (Å²) < 4.78 is 5.71. The Kier molecular flexibility index (Phi) is 8.26. The molecular weight excluding hydrogens is 236 g/mol. The van der Waals surface area contributed by atoms with Crippen LogP contribution in [0, 0.1) is 0 Å². The molecule has 0 aliphatic carbocycles. The molecule has 0 unspecified atom stereocenters. The maximum atomic E-state index is 5.71. The van der Waals surface area contributed by atoms with Crippen molar-refractivity contribution in [3.63, 3.8) is 0 Å². The van der Waals surface area contributed by atoms with Crippen molar-refractivity contribution in [3.05, 3.63) is 29.8 Å². The fourth-order valence-electron chi connectivity index (χ4n) is 1.99. The van der Waals surface area contributed by atoms with Crippen molar-refractivity contribution < 1.29 is 4.74 Å². The lowest BCUT2D eigenvalue weighted by Crippen LogP contribution is -2.22. The highest BCUT2D eigenvalue weighted by Gasteiger charge is 1.99. The van der Waals surface area contributed by atoms with E-state index in [0.29, 0.717) is 6.54 Å². The first-order valence-electron chi connectivity index (χ1n) is 7.36. The van der Waals surface area contributed by atoms with Crippen LogP contribution in [0.1, 0.15) is 38.2 Å². The molecule has 0 saturated carbocycles. The van der Waals surface area contributed by atoms with Crippen LogP contribution < -0.4 is 10.5 Å². The summed E-state index contributed by atoms with van der Waals surface area (Å²) in [5.74, 6) is 0.936. The Morgan fingerprint density at radius 1 is 1.05 bits per heavy atom. The number of benzene rings is 1. The minimum Gasteiger partial charge on any atom is -0.494 e. The van der Waals surface area contributed by atoms with Gasteiger partial charge in [-0.05, 0) is 44.1 Å². The Morgan fingerprint density at radius 2 is 1.74 bits per heavy atom. The first-order chi connectivity index (χ1) is 9.26. The third-order valence-corrected chi connectivity index (χ3v) is 3.26. The van der Waals surface area contributed by atoms with Gasteiger partial charge in [0.05, 0.1) is 6.61 Å². The smallest absolute Gasteiger partial charge is 0.119 e. The molecule has 108 valence electrons. The van der Waals surface area contributed by atoms with Crippen LogP contribution in [-0.2, 0) is 6.54 Å². The van der Waals surface area contributed by atoms with Crippen molar-refractivity contribution in [3.8, 4) is 5.75 Å². The Hall–Kier alpha value is -1.06. The molecule has 0 aliphatic rings. The van der Waals surface area contributed by atoms with E-state index in [-0.39, 0.29) is 0 Å². The zero-order chi connectivity index (χ0) is 13.9. The Labute approximate surface area is 117 Å². The van der Waals surface area contributed by atoms with E-state index in [1.54, 1.807) is 0 Å². The lowest BCUT2D eigenvalue weighted by atomic mass is 10.2. The number of unbranched alkanes of at least 4 members (excludes halogenated alkanes) is 2. The normalized spacial score (nSPS) is 10.9. The quantitative estimate of drug-likeness (QED) is 0.660. The van der Waals surface area contributed by atoms with Gasteiger partial charge in [-0.15, -0.1) is 0 Å². The van der Waals surface area contributed by atoms with Crippen LogP contribution in [-0.4, -0.2) is 31.6 Å². The maximum Gasteiger partial charge on any atom is 0.119 e. The topological polar surface area (TPSA) is 38.5 Å². The summed E-state index contributed by atoms with van der Waals surface area (Å²) in [6.07, 6.45) is 4.99. The number of nitrogens with zero attached hydrogens (tertiary/aromatic N) is 1. The Bertz CT molecular complexity index is 324. The summed E-state index contributed by atoms with van der Waals surface area (Å²) in [6.45, 7) is 5.90. The van der Waals surface area contributed by atoms with Gasteiger partial charge in [0, 0.05) is 13.1 Å². The molecular formula is C16H28N2O. The SMILES string of the molecule is CCCCCN(C)CCCOc1ccc(CN)cc1. The highest BCUT2D eigenvalue weighted by Crippen LogP contribution is 2.12. The largest absolute Gasteiger partial charge is 0.494 e. The van der Waals surface area contributed by atoms with Gasteiger partial charge in [0.15, 0.2) is 0 Å².